The summed E-state index contributed by atoms with van der Waals surface area (Å²) in [5.74, 6) is -2.91. The molecule has 2 atom stereocenters. The van der Waals surface area contributed by atoms with Crippen LogP contribution in [0.1, 0.15) is 169 Å². The molecule has 1 aliphatic carbocycles. The molecule has 0 saturated carbocycles. The number of carbonyl (C=O) groups is 5. The highest BCUT2D eigenvalue weighted by Crippen LogP contribution is 2.51. The molecule has 2 aliphatic heterocycles. The number of hydrogen-bond donors (Lipinski definition) is 5. The van der Waals surface area contributed by atoms with Gasteiger partial charge in [-0.3, -0.25) is 32.8 Å². The number of hydroxylamine groups is 2. The number of allylic oxidation sites excluding steroid dienone is 6. The third-order valence-corrected chi connectivity index (χ3v) is 18.4. The zero-order valence-corrected chi connectivity index (χ0v) is 49.9. The van der Waals surface area contributed by atoms with Crippen LogP contribution in [-0.2, 0) is 65.2 Å². The zero-order valence-electron chi connectivity index (χ0n) is 47.5. The van der Waals surface area contributed by atoms with Crippen LogP contribution in [0.3, 0.4) is 0 Å². The molecule has 0 aromatic heterocycles. The molecule has 2 heterocycles. The second-order valence-electron chi connectivity index (χ2n) is 22.2. The maximum atomic E-state index is 13.3. The number of amides is 4. The van der Waals surface area contributed by atoms with Crippen molar-refractivity contribution in [3.63, 3.8) is 0 Å². The molecule has 19 nitrogen and oxygen atoms in total. The summed E-state index contributed by atoms with van der Waals surface area (Å²) in [6, 6.07) is 14.8. The van der Waals surface area contributed by atoms with Crippen LogP contribution >= 0.6 is 0 Å². The lowest BCUT2D eigenvalue weighted by Gasteiger charge is -2.37. The van der Waals surface area contributed by atoms with E-state index in [4.69, 9.17) is 4.84 Å². The highest BCUT2D eigenvalue weighted by atomic mass is 32.2. The third kappa shape index (κ3) is 16.9. The van der Waals surface area contributed by atoms with Gasteiger partial charge in [-0.1, -0.05) is 103 Å². The van der Waals surface area contributed by atoms with Crippen LogP contribution in [0, 0.1) is 6.92 Å². The fraction of sp³-hybridized carbons (Fsp3) is 0.483. The zero-order chi connectivity index (χ0) is 60.2. The van der Waals surface area contributed by atoms with Crippen LogP contribution in [0.15, 0.2) is 112 Å². The molecule has 446 valence electrons. The second kappa shape index (κ2) is 27.9. The highest BCUT2D eigenvalue weighted by molar-refractivity contribution is 7.86. The molecule has 3 aromatic carbocycles. The number of anilines is 1. The van der Waals surface area contributed by atoms with Gasteiger partial charge in [0.1, 0.15) is 0 Å². The Hall–Kier alpha value is -6.30. The van der Waals surface area contributed by atoms with Crippen LogP contribution in [-0.4, -0.2) is 105 Å². The number of benzene rings is 3. The van der Waals surface area contributed by atoms with Crippen molar-refractivity contribution >= 4 is 71.2 Å². The number of nitrogens with one attached hydrogen (secondary N) is 2. The van der Waals surface area contributed by atoms with Crippen LogP contribution in [0.4, 0.5) is 5.69 Å². The van der Waals surface area contributed by atoms with Gasteiger partial charge in [0.2, 0.25) is 11.8 Å². The number of rotatable bonds is 29. The molecule has 0 radical (unpaired) electrons. The van der Waals surface area contributed by atoms with Gasteiger partial charge < -0.3 is 20.4 Å². The molecule has 3 aromatic rings. The maximum absolute atomic E-state index is 13.3. The summed E-state index contributed by atoms with van der Waals surface area (Å²) < 4.78 is 104. The number of carbonyl (C=O) groups excluding carboxylic acids is 5. The van der Waals surface area contributed by atoms with E-state index in [1.165, 1.54) is 36.4 Å². The monoisotopic (exact) mass is 1190 g/mol. The van der Waals surface area contributed by atoms with Crippen LogP contribution in [0.2, 0.25) is 0 Å². The lowest BCUT2D eigenvalue weighted by Crippen LogP contribution is -2.43. The van der Waals surface area contributed by atoms with Crippen molar-refractivity contribution in [2.45, 2.75) is 170 Å². The van der Waals surface area contributed by atoms with Gasteiger partial charge in [-0.25, -0.2) is 4.79 Å². The minimum atomic E-state index is -4.67. The Morgan fingerprint density at radius 2 is 1.38 bits per heavy atom. The van der Waals surface area contributed by atoms with Crippen molar-refractivity contribution in [3.05, 3.63) is 130 Å². The Morgan fingerprint density at radius 1 is 0.780 bits per heavy atom. The molecule has 0 bridgehead atoms. The second-order valence-corrected chi connectivity index (χ2v) is 26.6. The molecule has 22 heteroatoms. The average molecular weight is 1190 g/mol. The summed E-state index contributed by atoms with van der Waals surface area (Å²) >= 11 is 0. The Balaban J connectivity index is 1.34. The fourth-order valence-corrected chi connectivity index (χ4v) is 12.7. The quantitative estimate of drug-likeness (QED) is 0.0187. The average Bonchev–Trinajstić information content (AvgIpc) is 2.00. The number of imide groups is 1. The minimum absolute atomic E-state index is 0.0219. The topological polar surface area (TPSA) is 288 Å². The van der Waals surface area contributed by atoms with Crippen molar-refractivity contribution in [3.8, 4) is 0 Å². The molecule has 0 spiro atoms. The molecule has 5 N–H and O–H groups in total. The lowest BCUT2D eigenvalue weighted by atomic mass is 9.72. The third-order valence-electron chi connectivity index (χ3n) is 15.9. The van der Waals surface area contributed by atoms with Crippen molar-refractivity contribution in [1.29, 1.82) is 0 Å². The minimum Gasteiger partial charge on any atom is -0.367 e. The summed E-state index contributed by atoms with van der Waals surface area (Å²) in [5.41, 5.74) is 4.98. The van der Waals surface area contributed by atoms with Crippen LogP contribution in [0.5, 0.6) is 0 Å². The molecular formula is C60H78N4O15S3. The smallest absolute Gasteiger partial charge is 0.363 e. The van der Waals surface area contributed by atoms with E-state index < -0.39 is 70.8 Å². The molecule has 1 saturated heterocycles. The summed E-state index contributed by atoms with van der Waals surface area (Å²) in [4.78, 5) is 69.6. The first-order valence-electron chi connectivity index (χ1n) is 28.0. The van der Waals surface area contributed by atoms with Gasteiger partial charge >= 0.3 is 5.97 Å². The van der Waals surface area contributed by atoms with Gasteiger partial charge in [0, 0.05) is 67.9 Å². The van der Waals surface area contributed by atoms with Crippen molar-refractivity contribution in [2.24, 2.45) is 0 Å². The highest BCUT2D eigenvalue weighted by Gasteiger charge is 2.47. The van der Waals surface area contributed by atoms with Gasteiger partial charge in [-0.2, -0.15) is 25.3 Å². The number of hydrogen-bond acceptors (Lipinski definition) is 13. The molecule has 4 amide bonds. The largest absolute Gasteiger partial charge is 0.367 e. The Morgan fingerprint density at radius 3 is 1.98 bits per heavy atom. The molecule has 2 unspecified atom stereocenters. The van der Waals surface area contributed by atoms with Crippen molar-refractivity contribution in [1.82, 2.24) is 15.7 Å². The predicted octanol–water partition coefficient (Wildman–Crippen LogP) is 9.63. The maximum Gasteiger partial charge on any atom is 0.363 e. The van der Waals surface area contributed by atoms with E-state index in [0.717, 1.165) is 48.0 Å². The predicted molar refractivity (Wildman–Crippen MR) is 312 cm³/mol. The van der Waals surface area contributed by atoms with E-state index in [1.807, 2.05) is 44.7 Å². The fourth-order valence-electron chi connectivity index (χ4n) is 11.2. The lowest BCUT2D eigenvalue weighted by molar-refractivity contribution is -0.172. The Labute approximate surface area is 482 Å². The van der Waals surface area contributed by atoms with Crippen LogP contribution in [0.25, 0.3) is 5.57 Å². The standard InChI is InChI=1S/C60H78N4O15S3/c1-7-8-9-11-18-53(65)61-35-36-62-54(66)19-12-10-13-34-60(6)50-40-48(82(76,77)78)29-30-51(50)63(37-15-38-80(70,71)72)52(60)31-27-44-17-14-16-43(22-21-42(3)59(4,5)49-39-47(81(73,74)75)28-20-41(49)2)57(44)45-23-25-46(26-24-45)58(69)79-64-55(67)32-33-56(64)68/h20-30,39-40,52H,3,7-19,31-38H2,1-2,4-6H3,(H,61,65)(H,62,66)(H,70,71,72)(H,73,74,75)(H,76,77,78)/b22-21+,44-27+. The van der Waals surface area contributed by atoms with Gasteiger partial charge in [0.15, 0.2) is 0 Å². The summed E-state index contributed by atoms with van der Waals surface area (Å²) in [6.07, 6.45) is 14.9. The Bertz CT molecular complexity index is 3330. The molecule has 1 fully saturated rings. The van der Waals surface area contributed by atoms with Gasteiger partial charge in [-0.05, 0) is 145 Å². The summed E-state index contributed by atoms with van der Waals surface area (Å²) in [6.45, 7) is 14.9. The van der Waals surface area contributed by atoms with E-state index in [-0.39, 0.29) is 59.4 Å². The van der Waals surface area contributed by atoms with E-state index in [9.17, 15) is 62.9 Å². The number of aryl methyl sites for hydroxylation is 1. The van der Waals surface area contributed by atoms with Gasteiger partial charge in [-0.15, -0.1) is 5.06 Å². The van der Waals surface area contributed by atoms with E-state index in [1.54, 1.807) is 24.3 Å². The molecule has 6 rings (SSSR count). The van der Waals surface area contributed by atoms with Crippen LogP contribution < -0.4 is 15.5 Å². The van der Waals surface area contributed by atoms with Crippen molar-refractivity contribution in [2.75, 3.05) is 30.3 Å². The van der Waals surface area contributed by atoms with E-state index in [0.29, 0.717) is 104 Å². The first-order chi connectivity index (χ1) is 38.5. The van der Waals surface area contributed by atoms with E-state index >= 15 is 0 Å². The first-order valence-corrected chi connectivity index (χ1v) is 32.5. The molecule has 3 aliphatic rings. The number of fused-ring (bicyclic) bond motifs is 1. The normalized spacial score (nSPS) is 18.4. The van der Waals surface area contributed by atoms with Crippen molar-refractivity contribution < 1.29 is 67.7 Å². The SMILES string of the molecule is C=C(/C=C/C1=C(c2ccc(C(=O)ON3C(=O)CCC3=O)cc2)C(=C/CC2N(CCCS(=O)(=O)O)c3ccc(S(=O)(=O)O)cc3C2(C)CCCCCC(=O)NCCNC(=O)CCCCCC)/CCC1)C(C)(C)c1cc(S(=O)(=O)O)ccc1C. The summed E-state index contributed by atoms with van der Waals surface area (Å²) in [5, 5.41) is 6.19. The summed E-state index contributed by atoms with van der Waals surface area (Å²) in [7, 11) is -13.5. The van der Waals surface area contributed by atoms with Gasteiger partial charge in [0.25, 0.3) is 42.2 Å². The number of nitrogens with zero attached hydrogens (tertiary/aromatic N) is 2. The molecule has 82 heavy (non-hydrogen) atoms. The van der Waals surface area contributed by atoms with E-state index in [2.05, 4.69) is 30.2 Å². The van der Waals surface area contributed by atoms with Gasteiger partial charge in [0.05, 0.1) is 21.1 Å². The Kier molecular flexibility index (Phi) is 22.0. The first kappa shape index (κ1) is 64.9. The number of unbranched alkanes of at least 4 members (excludes halogenated alkanes) is 5. The molecular weight excluding hydrogens is 1110 g/mol.